The first-order valence-electron chi connectivity index (χ1n) is 10.7. The Labute approximate surface area is 189 Å². The second-order valence-electron chi connectivity index (χ2n) is 9.63. The SMILES string of the molecule is C[C@H]1CC[C@H](C)N(C2=NCN(c3ccccc3C(C)(C)C)c3nc(Cl)c(Cl)cc32)C1. The molecule has 160 valence electrons. The van der Waals surface area contributed by atoms with Gasteiger partial charge >= 0.3 is 0 Å². The fourth-order valence-electron chi connectivity index (χ4n) is 4.48. The predicted molar refractivity (Wildman–Crippen MR) is 128 cm³/mol. The highest BCUT2D eigenvalue weighted by Gasteiger charge is 2.33. The minimum atomic E-state index is -0.00617. The molecule has 2 aliphatic rings. The van der Waals surface area contributed by atoms with Gasteiger partial charge in [0.25, 0.3) is 0 Å². The van der Waals surface area contributed by atoms with Gasteiger partial charge < -0.3 is 9.80 Å². The fraction of sp³-hybridized carbons (Fsp3) is 0.500. The molecule has 3 heterocycles. The Bertz CT molecular complexity index is 980. The van der Waals surface area contributed by atoms with E-state index in [1.807, 2.05) is 6.07 Å². The summed E-state index contributed by atoms with van der Waals surface area (Å²) in [5.74, 6) is 2.46. The first-order valence-corrected chi connectivity index (χ1v) is 11.5. The van der Waals surface area contributed by atoms with Gasteiger partial charge in [0.2, 0.25) is 0 Å². The molecular weight excluding hydrogens is 415 g/mol. The van der Waals surface area contributed by atoms with Gasteiger partial charge in [0, 0.05) is 18.3 Å². The number of likely N-dealkylation sites (tertiary alicyclic amines) is 1. The topological polar surface area (TPSA) is 31.7 Å². The summed E-state index contributed by atoms with van der Waals surface area (Å²) in [5, 5.41) is 0.793. The van der Waals surface area contributed by atoms with E-state index in [0.717, 1.165) is 29.4 Å². The highest BCUT2D eigenvalue weighted by molar-refractivity contribution is 6.41. The second kappa shape index (κ2) is 8.05. The molecule has 1 aromatic carbocycles. The van der Waals surface area contributed by atoms with Gasteiger partial charge in [0.1, 0.15) is 23.5 Å². The number of benzene rings is 1. The maximum Gasteiger partial charge on any atom is 0.150 e. The van der Waals surface area contributed by atoms with E-state index in [-0.39, 0.29) is 5.41 Å². The lowest BCUT2D eigenvalue weighted by atomic mass is 9.85. The van der Waals surface area contributed by atoms with Crippen LogP contribution in [0.1, 0.15) is 58.6 Å². The van der Waals surface area contributed by atoms with Crippen LogP contribution in [0.5, 0.6) is 0 Å². The third-order valence-corrected chi connectivity index (χ3v) is 6.84. The van der Waals surface area contributed by atoms with Crippen LogP contribution in [0.15, 0.2) is 35.3 Å². The number of para-hydroxylation sites is 1. The number of hydrogen-bond donors (Lipinski definition) is 0. The molecule has 0 amide bonds. The van der Waals surface area contributed by atoms with Crippen LogP contribution in [0.4, 0.5) is 11.5 Å². The number of aromatic nitrogens is 1. The molecule has 6 heteroatoms. The number of fused-ring (bicyclic) bond motifs is 1. The second-order valence-corrected chi connectivity index (χ2v) is 10.4. The van der Waals surface area contributed by atoms with Crippen molar-refractivity contribution in [2.24, 2.45) is 10.9 Å². The predicted octanol–water partition coefficient (Wildman–Crippen LogP) is 6.66. The van der Waals surface area contributed by atoms with Crippen molar-refractivity contribution in [3.8, 4) is 0 Å². The van der Waals surface area contributed by atoms with Crippen molar-refractivity contribution in [3.05, 3.63) is 51.6 Å². The molecule has 4 rings (SSSR count). The van der Waals surface area contributed by atoms with Crippen LogP contribution in [-0.2, 0) is 5.41 Å². The summed E-state index contributed by atoms with van der Waals surface area (Å²) in [6, 6.07) is 10.8. The van der Waals surface area contributed by atoms with Crippen LogP contribution in [-0.4, -0.2) is 35.0 Å². The fourth-order valence-corrected chi connectivity index (χ4v) is 4.77. The lowest BCUT2D eigenvalue weighted by molar-refractivity contribution is 0.207. The molecule has 0 bridgehead atoms. The Morgan fingerprint density at radius 2 is 1.80 bits per heavy atom. The molecule has 0 spiro atoms. The number of piperidine rings is 1. The molecule has 2 atom stereocenters. The Hall–Kier alpha value is -1.78. The van der Waals surface area contributed by atoms with Crippen LogP contribution in [0.25, 0.3) is 0 Å². The van der Waals surface area contributed by atoms with Gasteiger partial charge in [-0.15, -0.1) is 0 Å². The summed E-state index contributed by atoms with van der Waals surface area (Å²) >= 11 is 12.8. The maximum absolute atomic E-state index is 6.43. The molecule has 0 aliphatic carbocycles. The molecule has 1 fully saturated rings. The molecule has 1 aromatic heterocycles. The van der Waals surface area contributed by atoms with Crippen molar-refractivity contribution in [2.45, 2.75) is 58.9 Å². The minimum Gasteiger partial charge on any atom is -0.353 e. The van der Waals surface area contributed by atoms with Gasteiger partial charge in [-0.1, -0.05) is 69.1 Å². The van der Waals surface area contributed by atoms with Crippen LogP contribution in [0, 0.1) is 5.92 Å². The lowest BCUT2D eigenvalue weighted by Gasteiger charge is -2.42. The first kappa shape index (κ1) is 21.5. The Balaban J connectivity index is 1.84. The first-order chi connectivity index (χ1) is 14.2. The Morgan fingerprint density at radius 1 is 1.07 bits per heavy atom. The Morgan fingerprint density at radius 3 is 2.53 bits per heavy atom. The van der Waals surface area contributed by atoms with E-state index < -0.39 is 0 Å². The summed E-state index contributed by atoms with van der Waals surface area (Å²) in [4.78, 5) is 14.4. The summed E-state index contributed by atoms with van der Waals surface area (Å²) in [6.07, 6.45) is 2.42. The minimum absolute atomic E-state index is 0.00617. The van der Waals surface area contributed by atoms with Crippen molar-refractivity contribution < 1.29 is 0 Å². The third kappa shape index (κ3) is 3.92. The number of aliphatic imine (C=N–C) groups is 1. The third-order valence-electron chi connectivity index (χ3n) is 6.16. The molecule has 0 N–H and O–H groups in total. The van der Waals surface area contributed by atoms with Crippen LogP contribution in [0.3, 0.4) is 0 Å². The summed E-state index contributed by atoms with van der Waals surface area (Å²) in [7, 11) is 0. The number of halogens is 2. The number of nitrogens with zero attached hydrogens (tertiary/aromatic N) is 4. The average molecular weight is 445 g/mol. The van der Waals surface area contributed by atoms with Crippen molar-refractivity contribution in [1.29, 1.82) is 0 Å². The normalized spacial score (nSPS) is 22.0. The Kier molecular flexibility index (Phi) is 5.75. The molecular formula is C24H30Cl2N4. The van der Waals surface area contributed by atoms with Crippen molar-refractivity contribution in [1.82, 2.24) is 9.88 Å². The van der Waals surface area contributed by atoms with Crippen molar-refractivity contribution >= 4 is 40.5 Å². The van der Waals surface area contributed by atoms with E-state index in [0.29, 0.717) is 28.8 Å². The van der Waals surface area contributed by atoms with Crippen molar-refractivity contribution in [2.75, 3.05) is 18.1 Å². The number of rotatable bonds is 1. The number of pyridine rings is 1. The van der Waals surface area contributed by atoms with Crippen LogP contribution < -0.4 is 4.90 Å². The smallest absolute Gasteiger partial charge is 0.150 e. The zero-order valence-corrected chi connectivity index (χ0v) is 19.9. The van der Waals surface area contributed by atoms with Gasteiger partial charge in [0.05, 0.1) is 10.6 Å². The van der Waals surface area contributed by atoms with Crippen LogP contribution in [0.2, 0.25) is 10.2 Å². The quantitative estimate of drug-likeness (QED) is 0.460. The van der Waals surface area contributed by atoms with Gasteiger partial charge in [-0.2, -0.15) is 0 Å². The highest BCUT2D eigenvalue weighted by atomic mass is 35.5. The molecule has 30 heavy (non-hydrogen) atoms. The number of anilines is 2. The van der Waals surface area contributed by atoms with Crippen molar-refractivity contribution in [3.63, 3.8) is 0 Å². The zero-order chi connectivity index (χ0) is 21.6. The highest BCUT2D eigenvalue weighted by Crippen LogP contribution is 2.40. The molecule has 2 aromatic rings. The standard InChI is InChI=1S/C24H30Cl2N4/c1-15-10-11-16(2)29(13-15)22-17-12-19(25)21(26)28-23(17)30(14-27-22)20-9-7-6-8-18(20)24(3,4)5/h6-9,12,15-16H,10-11,13-14H2,1-5H3/t15-,16-/m0/s1. The molecule has 0 unspecified atom stereocenters. The largest absolute Gasteiger partial charge is 0.353 e. The molecule has 0 saturated carbocycles. The summed E-state index contributed by atoms with van der Waals surface area (Å²) in [5.41, 5.74) is 3.32. The average Bonchev–Trinajstić information content (AvgIpc) is 2.69. The van der Waals surface area contributed by atoms with E-state index in [1.165, 1.54) is 18.4 Å². The molecule has 2 aliphatic heterocycles. The zero-order valence-electron chi connectivity index (χ0n) is 18.4. The lowest BCUT2D eigenvalue weighted by Crippen LogP contribution is -2.47. The van der Waals surface area contributed by atoms with Crippen LogP contribution >= 0.6 is 23.2 Å². The molecule has 1 saturated heterocycles. The number of amidine groups is 1. The monoisotopic (exact) mass is 444 g/mol. The van der Waals surface area contributed by atoms with E-state index in [2.05, 4.69) is 68.7 Å². The van der Waals surface area contributed by atoms with E-state index in [1.54, 1.807) is 0 Å². The maximum atomic E-state index is 6.43. The van der Waals surface area contributed by atoms with Gasteiger partial charge in [-0.25, -0.2) is 9.98 Å². The van der Waals surface area contributed by atoms with Gasteiger partial charge in [-0.3, -0.25) is 0 Å². The van der Waals surface area contributed by atoms with Gasteiger partial charge in [0.15, 0.2) is 0 Å². The van der Waals surface area contributed by atoms with E-state index >= 15 is 0 Å². The van der Waals surface area contributed by atoms with Gasteiger partial charge in [-0.05, 0) is 48.8 Å². The van der Waals surface area contributed by atoms with E-state index in [4.69, 9.17) is 33.2 Å². The number of hydrogen-bond acceptors (Lipinski definition) is 4. The molecule has 4 nitrogen and oxygen atoms in total. The summed E-state index contributed by atoms with van der Waals surface area (Å²) in [6.45, 7) is 12.8. The summed E-state index contributed by atoms with van der Waals surface area (Å²) < 4.78 is 0. The molecule has 0 radical (unpaired) electrons. The van der Waals surface area contributed by atoms with E-state index in [9.17, 15) is 0 Å².